The zero-order valence-electron chi connectivity index (χ0n) is 6.83. The second-order valence-corrected chi connectivity index (χ2v) is 1.95. The Morgan fingerprint density at radius 3 is 3.11 bits per heavy atom. The van der Waals surface area contributed by atoms with Crippen molar-refractivity contribution in [3.63, 3.8) is 0 Å². The summed E-state index contributed by atoms with van der Waals surface area (Å²) in [5.41, 5.74) is 0. The van der Waals surface area contributed by atoms with Gasteiger partial charge in [-0.15, -0.1) is 0 Å². The quantitative estimate of drug-likeness (QED) is 0.547. The van der Waals surface area contributed by atoms with E-state index in [-0.39, 0.29) is 0 Å². The van der Waals surface area contributed by atoms with E-state index in [4.69, 9.17) is 2.78 Å². The molecule has 0 saturated carbocycles. The van der Waals surface area contributed by atoms with Crippen LogP contribution in [0.5, 0.6) is 0 Å². The topological polar surface area (TPSA) is 15.8 Å². The van der Waals surface area contributed by atoms with Crippen LogP contribution in [0.2, 0.25) is 1.41 Å². The summed E-state index contributed by atoms with van der Waals surface area (Å²) in [6, 6.07) is 5.93. The largest absolute Gasteiger partial charge is 0.366 e. The van der Waals surface area contributed by atoms with E-state index in [0.717, 1.165) is 10.8 Å². The van der Waals surface area contributed by atoms with Crippen LogP contribution in [0.1, 0.15) is 1.37 Å². The molecule has 0 bridgehead atoms. The maximum absolute atomic E-state index is 7.48. The molecule has 0 radical (unpaired) electrons. The normalized spacial score (nSPS) is 13.3. The Morgan fingerprint density at radius 1 is 1.33 bits per heavy atom. The number of benzene rings is 1. The Kier molecular flexibility index (Phi) is 0.552. The summed E-state index contributed by atoms with van der Waals surface area (Å²) in [7, 11) is 0. The number of fused-ring (bicyclic) bond motifs is 1. The summed E-state index contributed by atoms with van der Waals surface area (Å²) in [5.74, 6) is 0. The third-order valence-corrected chi connectivity index (χ3v) is 1.34. The monoisotopic (exact) mass is 119 g/mol. The average molecular weight is 119 g/mol. The highest BCUT2D eigenvalue weighted by molar-refractivity contribution is 5.81. The molecule has 1 heterocycles. The lowest BCUT2D eigenvalue weighted by atomic mass is 10.2. The molecule has 0 aliphatic heterocycles. The Morgan fingerprint density at radius 2 is 2.22 bits per heavy atom. The van der Waals surface area contributed by atoms with Crippen molar-refractivity contribution in [3.8, 4) is 0 Å². The van der Waals surface area contributed by atoms with Gasteiger partial charge in [0.05, 0.1) is 1.37 Å². The molecule has 0 aliphatic carbocycles. The van der Waals surface area contributed by atoms with E-state index in [0.29, 0.717) is 6.04 Å². The first kappa shape index (κ1) is 3.06. The Bertz CT molecular complexity index is 392. The van der Waals surface area contributed by atoms with Gasteiger partial charge in [0.15, 0.2) is 1.41 Å². The van der Waals surface area contributed by atoms with Gasteiger partial charge in [0, 0.05) is 12.4 Å². The van der Waals surface area contributed by atoms with Crippen LogP contribution in [0, 0.1) is 0 Å². The molecule has 0 spiro atoms. The maximum Gasteiger partial charge on any atom is 0.165 e. The number of nitrogens with one attached hydrogen (secondary N) is 1. The van der Waals surface area contributed by atoms with Gasteiger partial charge in [0.1, 0.15) is 0 Å². The molecule has 0 unspecified atom stereocenters. The highest BCUT2D eigenvalue weighted by Crippen LogP contribution is 2.10. The molecule has 1 nitrogen and oxygen atoms in total. The molecule has 0 amide bonds. The second kappa shape index (κ2) is 1.62. The van der Waals surface area contributed by atoms with Crippen LogP contribution in [0.15, 0.2) is 36.6 Å². The van der Waals surface area contributed by atoms with Crippen LogP contribution in [-0.2, 0) is 0 Å². The van der Waals surface area contributed by atoms with E-state index < -0.39 is 0 Å². The molecule has 0 aliphatic rings. The van der Waals surface area contributed by atoms with Gasteiger partial charge in [-0.05, 0) is 10.8 Å². The molecule has 44 valence electrons. The van der Waals surface area contributed by atoms with Crippen molar-refractivity contribution < 1.29 is 2.78 Å². The van der Waals surface area contributed by atoms with Gasteiger partial charge >= 0.3 is 0 Å². The number of aromatic nitrogens is 1. The lowest BCUT2D eigenvalue weighted by molar-refractivity contribution is 1.43. The summed E-state index contributed by atoms with van der Waals surface area (Å²) in [5, 5.41) is 1.79. The fraction of sp³-hybridized carbons (Fsp3) is 0. The van der Waals surface area contributed by atoms with Crippen LogP contribution < -0.4 is 0 Å². The van der Waals surface area contributed by atoms with Crippen LogP contribution in [0.25, 0.3) is 10.8 Å². The highest BCUT2D eigenvalue weighted by Gasteiger charge is 1.86. The van der Waals surface area contributed by atoms with Crippen LogP contribution >= 0.6 is 0 Å². The van der Waals surface area contributed by atoms with Gasteiger partial charge in [-0.25, -0.2) is 0 Å². The number of hydrogen-bond acceptors (Lipinski definition) is 0. The van der Waals surface area contributed by atoms with E-state index in [1.54, 1.807) is 18.5 Å². The third-order valence-electron chi connectivity index (χ3n) is 1.34. The standard InChI is InChI=1S/C8H7N/c1-2-4-8-6-9-5-7(8)3-1/h1-6,9H/i3D/hD. The van der Waals surface area contributed by atoms with Crippen molar-refractivity contribution in [2.45, 2.75) is 0 Å². The molecule has 1 N–H and O–H groups in total. The summed E-state index contributed by atoms with van der Waals surface area (Å²) in [6.07, 6.45) is 3.32. The van der Waals surface area contributed by atoms with E-state index in [1.807, 2.05) is 12.1 Å². The van der Waals surface area contributed by atoms with Crippen LogP contribution in [-0.4, -0.2) is 4.98 Å². The predicted octanol–water partition coefficient (Wildman–Crippen LogP) is 2.17. The van der Waals surface area contributed by atoms with Crippen LogP contribution in [0.3, 0.4) is 0 Å². The van der Waals surface area contributed by atoms with E-state index in [2.05, 4.69) is 0 Å². The summed E-state index contributed by atoms with van der Waals surface area (Å²) >= 11 is 0. The first-order valence-corrected chi connectivity index (χ1v) is 2.84. The van der Waals surface area contributed by atoms with Crippen molar-refractivity contribution in [3.05, 3.63) is 36.6 Å². The van der Waals surface area contributed by atoms with Crippen molar-refractivity contribution in [2.75, 3.05) is 0 Å². The molecule has 0 fully saturated rings. The minimum Gasteiger partial charge on any atom is -0.366 e. The number of hydrogen-bond donors (Lipinski definition) is 1. The summed E-state index contributed by atoms with van der Waals surface area (Å²) < 4.78 is 14.7. The highest BCUT2D eigenvalue weighted by atomic mass is 14.6. The predicted molar refractivity (Wildman–Crippen MR) is 38.3 cm³/mol. The Balaban J connectivity index is 2.90. The molecule has 9 heavy (non-hydrogen) atoms. The fourth-order valence-corrected chi connectivity index (χ4v) is 0.879. The van der Waals surface area contributed by atoms with E-state index >= 15 is 0 Å². The summed E-state index contributed by atoms with van der Waals surface area (Å²) in [4.78, 5) is 1.22. The minimum absolute atomic E-state index is 0.480. The molecule has 1 heteroatoms. The molecule has 2 aromatic rings. The molecule has 1 aromatic carbocycles. The number of rotatable bonds is 0. The Labute approximate surface area is 56.2 Å². The zero-order valence-corrected chi connectivity index (χ0v) is 4.83. The van der Waals surface area contributed by atoms with Gasteiger partial charge in [0.25, 0.3) is 0 Å². The molecule has 1 aromatic heterocycles. The lowest BCUT2D eigenvalue weighted by Crippen LogP contribution is -1.57. The smallest absolute Gasteiger partial charge is 0.165 e. The molecular weight excluding hydrogens is 110 g/mol. The molecule has 2 rings (SSSR count). The van der Waals surface area contributed by atoms with Crippen molar-refractivity contribution in [1.29, 1.82) is 0 Å². The zero-order chi connectivity index (χ0) is 7.84. The minimum atomic E-state index is 0.480. The molecular formula is C8H7N. The van der Waals surface area contributed by atoms with E-state index in [9.17, 15) is 0 Å². The van der Waals surface area contributed by atoms with Crippen molar-refractivity contribution >= 4 is 10.8 Å². The first-order chi connectivity index (χ1) is 5.27. The van der Waals surface area contributed by atoms with Crippen molar-refractivity contribution in [1.82, 2.24) is 4.98 Å². The summed E-state index contributed by atoms with van der Waals surface area (Å²) in [6.45, 7) is 0. The third kappa shape index (κ3) is 0.617. The maximum atomic E-state index is 7.48. The van der Waals surface area contributed by atoms with Gasteiger partial charge in [-0.3, -0.25) is 0 Å². The Hall–Kier alpha value is -1.24. The molecule has 0 atom stereocenters. The van der Waals surface area contributed by atoms with Gasteiger partial charge < -0.3 is 4.98 Å². The lowest BCUT2D eigenvalue weighted by Gasteiger charge is -1.81. The number of H-pyrrole nitrogens is 1. The van der Waals surface area contributed by atoms with Crippen LogP contribution in [0.4, 0.5) is 0 Å². The fourth-order valence-electron chi connectivity index (χ4n) is 0.879. The van der Waals surface area contributed by atoms with Gasteiger partial charge in [-0.1, -0.05) is 24.2 Å². The average Bonchev–Trinajstić information content (AvgIpc) is 2.31. The first-order valence-electron chi connectivity index (χ1n) is 3.78. The molecule has 0 saturated heterocycles. The second-order valence-electron chi connectivity index (χ2n) is 1.95. The van der Waals surface area contributed by atoms with Crippen molar-refractivity contribution in [2.24, 2.45) is 0 Å². The van der Waals surface area contributed by atoms with E-state index in [1.165, 1.54) is 4.98 Å². The number of aromatic amines is 1. The van der Waals surface area contributed by atoms with Gasteiger partial charge in [0.2, 0.25) is 0 Å². The van der Waals surface area contributed by atoms with Gasteiger partial charge in [-0.2, -0.15) is 0 Å². The SMILES string of the molecule is [2H]c1cccc2cn([2H])cc12.